The summed E-state index contributed by atoms with van der Waals surface area (Å²) >= 11 is 3.86. The lowest BCUT2D eigenvalue weighted by Crippen LogP contribution is -2.04. The van der Waals surface area contributed by atoms with E-state index in [0.717, 1.165) is 12.8 Å². The Labute approximate surface area is 126 Å². The zero-order chi connectivity index (χ0) is 13.6. The molecule has 0 heterocycles. The van der Waals surface area contributed by atoms with E-state index in [4.69, 9.17) is 0 Å². The number of unbranched alkanes of at least 4 members (excludes halogenated alkanes) is 9. The summed E-state index contributed by atoms with van der Waals surface area (Å²) in [4.78, 5) is 11.1. The Morgan fingerprint density at radius 3 is 1.79 bits per heavy atom. The van der Waals surface area contributed by atoms with Crippen LogP contribution in [0.25, 0.3) is 0 Å². The molecule has 0 fully saturated rings. The van der Waals surface area contributed by atoms with Gasteiger partial charge in [-0.25, -0.2) is 0 Å². The highest BCUT2D eigenvalue weighted by Crippen LogP contribution is 2.16. The minimum atomic E-state index is -0.0408. The number of thiol groups is 1. The Hall–Kier alpha value is -0.240. The third-order valence-electron chi connectivity index (χ3n) is 3.47. The minimum Gasteiger partial charge on any atom is -0.287 e. The van der Waals surface area contributed by atoms with Gasteiger partial charge in [-0.15, -0.1) is 19.2 Å². The van der Waals surface area contributed by atoms with Crippen LogP contribution in [0.15, 0.2) is 12.7 Å². The zero-order valence-electron chi connectivity index (χ0n) is 12.0. The average molecular weight is 287 g/mol. The maximum absolute atomic E-state index is 11.1. The Bertz CT molecular complexity index is 213. The molecule has 0 N–H and O–H groups in total. The minimum absolute atomic E-state index is 0. The molecule has 0 aliphatic rings. The van der Waals surface area contributed by atoms with Crippen molar-refractivity contribution in [2.45, 2.75) is 85.0 Å². The van der Waals surface area contributed by atoms with E-state index in [2.05, 4.69) is 26.1 Å². The normalized spacial score (nSPS) is 11.7. The van der Waals surface area contributed by atoms with Crippen LogP contribution >= 0.6 is 12.6 Å². The number of carbonyl (C=O) groups excluding carboxylic acids is 1. The van der Waals surface area contributed by atoms with Crippen molar-refractivity contribution in [3.05, 3.63) is 12.7 Å². The van der Waals surface area contributed by atoms with Gasteiger partial charge in [-0.3, -0.25) is 4.79 Å². The molecule has 0 aliphatic carbocycles. The summed E-state index contributed by atoms with van der Waals surface area (Å²) in [6.45, 7) is 5.93. The topological polar surface area (TPSA) is 17.1 Å². The molecule has 0 bridgehead atoms. The lowest BCUT2D eigenvalue weighted by molar-refractivity contribution is -0.113. The molecule has 114 valence electrons. The maximum atomic E-state index is 11.1. The van der Waals surface area contributed by atoms with Crippen molar-refractivity contribution in [1.29, 1.82) is 0 Å². The van der Waals surface area contributed by atoms with E-state index < -0.39 is 0 Å². The molecule has 0 saturated carbocycles. The molecule has 0 aromatic carbocycles. The van der Waals surface area contributed by atoms with E-state index in [1.54, 1.807) is 6.08 Å². The Kier molecular flexibility index (Phi) is 17.5. The van der Waals surface area contributed by atoms with Gasteiger partial charge in [-0.2, -0.15) is 0 Å². The van der Waals surface area contributed by atoms with E-state index in [1.807, 2.05) is 0 Å². The van der Waals surface area contributed by atoms with Crippen LogP contribution in [0.4, 0.5) is 0 Å². The molecule has 0 radical (unpaired) electrons. The van der Waals surface area contributed by atoms with Gasteiger partial charge in [0.2, 0.25) is 0 Å². The Morgan fingerprint density at radius 1 is 1.00 bits per heavy atom. The summed E-state index contributed by atoms with van der Waals surface area (Å²) < 4.78 is 0. The third-order valence-corrected chi connectivity index (χ3v) is 3.80. The molecule has 0 rings (SSSR count). The van der Waals surface area contributed by atoms with Crippen molar-refractivity contribution >= 4 is 17.7 Å². The van der Waals surface area contributed by atoms with Crippen molar-refractivity contribution in [2.75, 3.05) is 0 Å². The highest BCUT2D eigenvalue weighted by atomic mass is 32.1. The summed E-state index contributed by atoms with van der Waals surface area (Å²) in [5.41, 5.74) is 0. The van der Waals surface area contributed by atoms with Crippen LogP contribution in [-0.4, -0.2) is 5.12 Å². The summed E-state index contributed by atoms with van der Waals surface area (Å²) in [6, 6.07) is 0. The van der Waals surface area contributed by atoms with E-state index in [1.165, 1.54) is 57.8 Å². The Balaban J connectivity index is 0. The van der Waals surface area contributed by atoms with E-state index in [0.29, 0.717) is 0 Å². The lowest BCUT2D eigenvalue weighted by Gasteiger charge is -2.07. The standard InChI is InChI=1S/C16H30OS.CH4/c1-3-5-6-7-8-9-10-11-12-13-14-15(4-2)16(17)18;/h4,15H,2-3,5-14H2,1H3,(H,17,18);1H4. The number of carbonyl (C=O) groups is 1. The van der Waals surface area contributed by atoms with Crippen LogP contribution < -0.4 is 0 Å². The second-order valence-corrected chi connectivity index (χ2v) is 5.59. The first-order valence-corrected chi connectivity index (χ1v) is 8.02. The maximum Gasteiger partial charge on any atom is 0.192 e. The average Bonchev–Trinajstić information content (AvgIpc) is 2.35. The van der Waals surface area contributed by atoms with Crippen molar-refractivity contribution < 1.29 is 4.79 Å². The second-order valence-electron chi connectivity index (χ2n) is 5.15. The Morgan fingerprint density at radius 2 is 1.42 bits per heavy atom. The van der Waals surface area contributed by atoms with Gasteiger partial charge in [0.05, 0.1) is 0 Å². The zero-order valence-corrected chi connectivity index (χ0v) is 12.9. The molecule has 0 aromatic rings. The van der Waals surface area contributed by atoms with Gasteiger partial charge >= 0.3 is 0 Å². The molecule has 1 nitrogen and oxygen atoms in total. The first kappa shape index (κ1) is 21.1. The predicted molar refractivity (Wildman–Crippen MR) is 90.9 cm³/mol. The van der Waals surface area contributed by atoms with E-state index >= 15 is 0 Å². The highest BCUT2D eigenvalue weighted by molar-refractivity contribution is 7.96. The quantitative estimate of drug-likeness (QED) is 0.242. The molecule has 0 spiro atoms. The number of hydrogen-bond donors (Lipinski definition) is 1. The fourth-order valence-corrected chi connectivity index (χ4v) is 2.43. The van der Waals surface area contributed by atoms with Crippen molar-refractivity contribution in [3.63, 3.8) is 0 Å². The van der Waals surface area contributed by atoms with Crippen LogP contribution in [-0.2, 0) is 4.79 Å². The molecule has 0 aliphatic heterocycles. The third kappa shape index (κ3) is 14.0. The monoisotopic (exact) mass is 286 g/mol. The molecule has 1 unspecified atom stereocenters. The molecular weight excluding hydrogens is 252 g/mol. The largest absolute Gasteiger partial charge is 0.287 e. The van der Waals surface area contributed by atoms with Crippen molar-refractivity contribution in [1.82, 2.24) is 0 Å². The SMILES string of the molecule is C.C=CC(CCCCCCCCCCCC)C(=O)S. The van der Waals surface area contributed by atoms with Crippen LogP contribution in [0.2, 0.25) is 0 Å². The van der Waals surface area contributed by atoms with Gasteiger partial charge in [0.1, 0.15) is 0 Å². The van der Waals surface area contributed by atoms with Crippen LogP contribution in [0.5, 0.6) is 0 Å². The van der Waals surface area contributed by atoms with Crippen LogP contribution in [0, 0.1) is 5.92 Å². The molecular formula is C17H34OS. The fraction of sp³-hybridized carbons (Fsp3) is 0.824. The fourth-order valence-electron chi connectivity index (χ4n) is 2.19. The highest BCUT2D eigenvalue weighted by Gasteiger charge is 2.09. The van der Waals surface area contributed by atoms with Gasteiger partial charge in [0, 0.05) is 5.92 Å². The van der Waals surface area contributed by atoms with Gasteiger partial charge in [-0.05, 0) is 6.42 Å². The number of hydrogen-bond acceptors (Lipinski definition) is 1. The van der Waals surface area contributed by atoms with Crippen LogP contribution in [0.1, 0.15) is 85.0 Å². The first-order valence-electron chi connectivity index (χ1n) is 7.57. The van der Waals surface area contributed by atoms with Crippen molar-refractivity contribution in [2.24, 2.45) is 5.92 Å². The summed E-state index contributed by atoms with van der Waals surface area (Å²) in [5.74, 6) is -0.0395. The van der Waals surface area contributed by atoms with Crippen molar-refractivity contribution in [3.8, 4) is 0 Å². The smallest absolute Gasteiger partial charge is 0.192 e. The summed E-state index contributed by atoms with van der Waals surface area (Å²) in [5, 5.41) is -0.0408. The molecule has 0 amide bonds. The van der Waals surface area contributed by atoms with Gasteiger partial charge in [-0.1, -0.05) is 84.6 Å². The van der Waals surface area contributed by atoms with E-state index in [-0.39, 0.29) is 18.5 Å². The van der Waals surface area contributed by atoms with E-state index in [9.17, 15) is 4.79 Å². The first-order chi connectivity index (χ1) is 8.72. The number of allylic oxidation sites excluding steroid dienone is 1. The van der Waals surface area contributed by atoms with Gasteiger partial charge in [0.15, 0.2) is 5.12 Å². The van der Waals surface area contributed by atoms with Crippen LogP contribution in [0.3, 0.4) is 0 Å². The van der Waals surface area contributed by atoms with Gasteiger partial charge < -0.3 is 0 Å². The molecule has 19 heavy (non-hydrogen) atoms. The van der Waals surface area contributed by atoms with Gasteiger partial charge in [0.25, 0.3) is 0 Å². The molecule has 1 atom stereocenters. The summed E-state index contributed by atoms with van der Waals surface area (Å²) in [7, 11) is 0. The number of rotatable bonds is 13. The summed E-state index contributed by atoms with van der Waals surface area (Å²) in [6.07, 6.45) is 15.9. The predicted octanol–water partition coefficient (Wildman–Crippen LogP) is 6.19. The molecule has 0 aromatic heterocycles. The second kappa shape index (κ2) is 15.8. The molecule has 0 saturated heterocycles. The molecule has 2 heteroatoms. The lowest BCUT2D eigenvalue weighted by atomic mass is 10.0.